The third-order valence-corrected chi connectivity index (χ3v) is 14.5. The van der Waals surface area contributed by atoms with Crippen molar-refractivity contribution >= 4 is 78.6 Å². The van der Waals surface area contributed by atoms with Crippen LogP contribution in [0.5, 0.6) is 34.5 Å². The van der Waals surface area contributed by atoms with Crippen molar-refractivity contribution in [3.63, 3.8) is 0 Å². The molecule has 15 nitrogen and oxygen atoms in total. The number of carbonyl (C=O) groups is 4. The van der Waals surface area contributed by atoms with Gasteiger partial charge in [-0.1, -0.05) is 135 Å². The van der Waals surface area contributed by atoms with Crippen molar-refractivity contribution in [2.45, 2.75) is 38.9 Å². The van der Waals surface area contributed by atoms with Crippen molar-refractivity contribution in [1.82, 2.24) is 0 Å². The van der Waals surface area contributed by atoms with E-state index in [1.807, 2.05) is 84.9 Å². The predicted octanol–water partition coefficient (Wildman–Crippen LogP) is 14.9. The summed E-state index contributed by atoms with van der Waals surface area (Å²) in [5.41, 5.74) is 4.53. The number of carboxylic acid groups (broad SMARTS) is 1. The molecule has 10 aromatic rings. The number of carboxylic acids is 1. The van der Waals surface area contributed by atoms with Gasteiger partial charge < -0.3 is 52.8 Å². The van der Waals surface area contributed by atoms with Gasteiger partial charge in [-0.3, -0.25) is 4.79 Å². The Morgan fingerprint density at radius 2 is 0.854 bits per heavy atom. The van der Waals surface area contributed by atoms with Crippen LogP contribution in [0.1, 0.15) is 47.4 Å². The first-order valence-electron chi connectivity index (χ1n) is 28.7. The molecule has 0 atom stereocenters. The maximum atomic E-state index is 13.1. The van der Waals surface area contributed by atoms with Crippen LogP contribution in [0.15, 0.2) is 207 Å². The number of aromatic carboxylic acids is 1. The van der Waals surface area contributed by atoms with E-state index in [4.69, 9.17) is 59.3 Å². The van der Waals surface area contributed by atoms with Gasteiger partial charge in [0.15, 0.2) is 6.10 Å². The molecule has 0 spiro atoms. The SMILES string of the molecule is C.C=CC(=O)OCCCOc1ccc(C(=O)OC2COc3ccc4ccccc4c3-c3c(ccc4ccccc34)OC2)cc1.O=C(CCCl)OCCCOc1ccc(C(=O)O)cc1.OC1COc2ccc3ccccc3c2-c2c(ccc3ccccc23)OC1. The number of aliphatic hydroxyl groups excluding tert-OH is 1. The average molecular weight is 1220 g/mol. The zero-order chi connectivity index (χ0) is 61.2. The molecule has 456 valence electrons. The number of hydrogen-bond donors (Lipinski definition) is 2. The van der Waals surface area contributed by atoms with Gasteiger partial charge in [0.25, 0.3) is 0 Å². The summed E-state index contributed by atoms with van der Waals surface area (Å²) in [6.07, 6.45) is 1.10. The molecule has 12 rings (SSSR count). The van der Waals surface area contributed by atoms with Gasteiger partial charge in [-0.05, 0) is 116 Å². The minimum Gasteiger partial charge on any atom is -0.493 e. The second-order valence-corrected chi connectivity index (χ2v) is 20.7. The smallest absolute Gasteiger partial charge is 0.338 e. The van der Waals surface area contributed by atoms with Gasteiger partial charge in [0.05, 0.1) is 44.0 Å². The van der Waals surface area contributed by atoms with Gasteiger partial charge >= 0.3 is 23.9 Å². The number of esters is 3. The Hall–Kier alpha value is -10.1. The lowest BCUT2D eigenvalue weighted by Crippen LogP contribution is -2.31. The van der Waals surface area contributed by atoms with Crippen LogP contribution >= 0.6 is 11.6 Å². The van der Waals surface area contributed by atoms with Crippen LogP contribution in [-0.2, 0) is 23.8 Å². The fourth-order valence-electron chi connectivity index (χ4n) is 10.1. The van der Waals surface area contributed by atoms with E-state index in [1.165, 1.54) is 12.1 Å². The number of hydrogen-bond acceptors (Lipinski definition) is 14. The number of carbonyl (C=O) groups excluding carboxylic acids is 3. The lowest BCUT2D eigenvalue weighted by Gasteiger charge is -2.18. The highest BCUT2D eigenvalue weighted by atomic mass is 35.5. The van der Waals surface area contributed by atoms with Gasteiger partial charge in [0, 0.05) is 47.1 Å². The molecule has 10 aromatic carbocycles. The lowest BCUT2D eigenvalue weighted by atomic mass is 9.92. The molecule has 2 heterocycles. The van der Waals surface area contributed by atoms with E-state index in [2.05, 4.69) is 67.2 Å². The molecule has 0 aromatic heterocycles. The third-order valence-electron chi connectivity index (χ3n) is 14.3. The summed E-state index contributed by atoms with van der Waals surface area (Å²) in [5, 5.41) is 27.7. The first kappa shape index (κ1) is 63.4. The van der Waals surface area contributed by atoms with Gasteiger partial charge in [-0.25, -0.2) is 14.4 Å². The van der Waals surface area contributed by atoms with Crippen LogP contribution < -0.4 is 28.4 Å². The summed E-state index contributed by atoms with van der Waals surface area (Å²) in [6.45, 7) is 5.29. The van der Waals surface area contributed by atoms with Crippen molar-refractivity contribution in [1.29, 1.82) is 0 Å². The van der Waals surface area contributed by atoms with E-state index >= 15 is 0 Å². The minimum absolute atomic E-state index is 0. The standard InChI is InChI=1S/C36H30O7.C23H18O3.C13H15ClO5.CH4/c1-2-33(37)40-21-7-20-39-27-16-12-26(13-17-27)36(38)43-28-22-41-31-18-14-24-8-3-5-10-29(24)34(31)35-30-11-6-4-9-25(30)15-19-32(35)42-23-28;24-17-13-25-20-11-9-15-5-1-3-7-18(15)22(20)23-19-8-4-2-6-16(19)10-12-21(23)26-14-17;14-7-6-12(15)19-9-1-8-18-11-4-2-10(3-5-11)13(16)17;/h2-6,8-19,28H,1,7,20-23H2;1-12,17,24H,13-14H2;2-5H,1,6-9H2,(H,16,17);1H4. The van der Waals surface area contributed by atoms with E-state index in [-0.39, 0.29) is 70.9 Å². The van der Waals surface area contributed by atoms with E-state index in [0.717, 1.165) is 82.9 Å². The molecule has 0 fully saturated rings. The molecule has 0 radical (unpaired) electrons. The number of halogens is 1. The summed E-state index contributed by atoms with van der Waals surface area (Å²) >= 11 is 5.38. The van der Waals surface area contributed by atoms with Crippen molar-refractivity contribution in [3.8, 4) is 56.8 Å². The lowest BCUT2D eigenvalue weighted by molar-refractivity contribution is -0.143. The molecule has 89 heavy (non-hydrogen) atoms. The Kier molecular flexibility index (Phi) is 22.1. The van der Waals surface area contributed by atoms with Crippen LogP contribution in [0.25, 0.3) is 65.3 Å². The molecule has 2 aliphatic heterocycles. The number of alkyl halides is 1. The van der Waals surface area contributed by atoms with Crippen molar-refractivity contribution in [2.75, 3.05) is 58.7 Å². The van der Waals surface area contributed by atoms with Gasteiger partial charge in [0.2, 0.25) is 0 Å². The molecule has 2 aliphatic rings. The Morgan fingerprint density at radius 3 is 1.24 bits per heavy atom. The zero-order valence-corrected chi connectivity index (χ0v) is 48.7. The normalized spacial score (nSPS) is 12.6. The number of aliphatic hydroxyl groups is 1. The van der Waals surface area contributed by atoms with Crippen LogP contribution in [0.2, 0.25) is 0 Å². The van der Waals surface area contributed by atoms with Crippen LogP contribution in [-0.4, -0.2) is 105 Å². The van der Waals surface area contributed by atoms with E-state index < -0.39 is 30.1 Å². The predicted molar refractivity (Wildman–Crippen MR) is 345 cm³/mol. The quantitative estimate of drug-likeness (QED) is 0.0305. The van der Waals surface area contributed by atoms with Crippen molar-refractivity contribution in [3.05, 3.63) is 218 Å². The summed E-state index contributed by atoms with van der Waals surface area (Å²) in [4.78, 5) is 45.8. The van der Waals surface area contributed by atoms with Gasteiger partial charge in [-0.2, -0.15) is 0 Å². The third kappa shape index (κ3) is 16.1. The van der Waals surface area contributed by atoms with Crippen molar-refractivity contribution in [2.24, 2.45) is 0 Å². The molecule has 0 aliphatic carbocycles. The van der Waals surface area contributed by atoms with Crippen LogP contribution in [0.3, 0.4) is 0 Å². The second-order valence-electron chi connectivity index (χ2n) is 20.4. The highest BCUT2D eigenvalue weighted by Crippen LogP contribution is 2.48. The summed E-state index contributed by atoms with van der Waals surface area (Å²) in [6, 6.07) is 61.9. The first-order valence-corrected chi connectivity index (χ1v) is 29.3. The van der Waals surface area contributed by atoms with Gasteiger partial charge in [0.1, 0.15) is 67.0 Å². The maximum Gasteiger partial charge on any atom is 0.338 e. The monoisotopic (exact) mass is 1220 g/mol. The molecule has 0 bridgehead atoms. The Labute approximate surface area is 520 Å². The molecule has 0 saturated heterocycles. The molecule has 0 unspecified atom stereocenters. The Morgan fingerprint density at radius 1 is 0.483 bits per heavy atom. The fraction of sp³-hybridized carbons (Fsp3) is 0.205. The Bertz CT molecular complexity index is 3910. The highest BCUT2D eigenvalue weighted by molar-refractivity contribution is 6.18. The molecule has 0 saturated carbocycles. The Balaban J connectivity index is 0.000000174. The van der Waals surface area contributed by atoms with E-state index in [0.29, 0.717) is 54.6 Å². The van der Waals surface area contributed by atoms with Crippen LogP contribution in [0.4, 0.5) is 0 Å². The van der Waals surface area contributed by atoms with Crippen LogP contribution in [0, 0.1) is 0 Å². The molecule has 16 heteroatoms. The fourth-order valence-corrected chi connectivity index (χ4v) is 10.2. The highest BCUT2D eigenvalue weighted by Gasteiger charge is 2.26. The molecular formula is C73H67ClO15. The number of rotatable bonds is 16. The zero-order valence-electron chi connectivity index (χ0n) is 48.0. The number of ether oxygens (including phenoxy) is 9. The molecule has 0 amide bonds. The van der Waals surface area contributed by atoms with Gasteiger partial charge in [-0.15, -0.1) is 11.6 Å². The maximum absolute atomic E-state index is 13.1. The average Bonchev–Trinajstić information content (AvgIpc) is 1.97. The molecule has 2 N–H and O–H groups in total. The number of benzene rings is 10. The molecular weight excluding hydrogens is 1150 g/mol. The number of fused-ring (bicyclic) bond motifs is 14. The largest absolute Gasteiger partial charge is 0.493 e. The summed E-state index contributed by atoms with van der Waals surface area (Å²) < 4.78 is 51.5. The second kappa shape index (κ2) is 31.0. The van der Waals surface area contributed by atoms with Crippen molar-refractivity contribution < 1.29 is 72.0 Å². The first-order chi connectivity index (χ1) is 43.0. The summed E-state index contributed by atoms with van der Waals surface area (Å²) in [5.74, 6) is 2.12. The van der Waals surface area contributed by atoms with E-state index in [1.54, 1.807) is 36.4 Å². The minimum atomic E-state index is -0.974. The summed E-state index contributed by atoms with van der Waals surface area (Å²) in [7, 11) is 0. The van der Waals surface area contributed by atoms with E-state index in [9.17, 15) is 24.3 Å². The topological polar surface area (TPSA) is 192 Å².